The van der Waals surface area contributed by atoms with Gasteiger partial charge in [-0.25, -0.2) is 0 Å². The van der Waals surface area contributed by atoms with Gasteiger partial charge in [0.15, 0.2) is 0 Å². The molecule has 0 saturated carbocycles. The molecule has 6 N–H and O–H groups in total. The molecule has 1 aliphatic rings. The minimum absolute atomic E-state index is 0.139. The number of rotatable bonds is 3. The number of aromatic amines is 1. The molecule has 1 aromatic heterocycles. The molecular formula is C16H30ClN3O3. The van der Waals surface area contributed by atoms with Crippen molar-refractivity contribution in [3.63, 3.8) is 0 Å². The molecule has 1 atom stereocenters. The van der Waals surface area contributed by atoms with Gasteiger partial charge < -0.3 is 26.2 Å². The Morgan fingerprint density at radius 1 is 1.35 bits per heavy atom. The number of hydrogen-bond donors (Lipinski definition) is 5. The molecular weight excluding hydrogens is 318 g/mol. The molecule has 1 aliphatic heterocycles. The van der Waals surface area contributed by atoms with Crippen LogP contribution < -0.4 is 11.1 Å². The van der Waals surface area contributed by atoms with Crippen LogP contribution in [-0.2, 0) is 6.42 Å². The molecule has 0 spiro atoms. The molecule has 1 fully saturated rings. The number of H-pyrrole nitrogens is 1. The van der Waals surface area contributed by atoms with Crippen LogP contribution in [-0.4, -0.2) is 46.9 Å². The Morgan fingerprint density at radius 3 is 2.09 bits per heavy atom. The lowest BCUT2D eigenvalue weighted by Gasteiger charge is -2.08. The second-order valence-corrected chi connectivity index (χ2v) is 5.86. The van der Waals surface area contributed by atoms with Crippen LogP contribution in [0.3, 0.4) is 0 Å². The summed E-state index contributed by atoms with van der Waals surface area (Å²) in [6, 6.07) is 0. The number of amides is 1. The zero-order valence-electron chi connectivity index (χ0n) is 14.3. The molecule has 0 radical (unpaired) electrons. The van der Waals surface area contributed by atoms with Crippen LogP contribution in [0, 0.1) is 6.92 Å². The first-order valence-electron chi connectivity index (χ1n) is 8.01. The number of carbonyl (C=O) groups is 1. The number of primary amides is 1. The van der Waals surface area contributed by atoms with Crippen molar-refractivity contribution in [3.8, 4) is 0 Å². The number of nitrogens with two attached hydrogens (primary N) is 1. The van der Waals surface area contributed by atoms with E-state index in [1.807, 2.05) is 13.8 Å². The topological polar surface area (TPSA) is 111 Å². The monoisotopic (exact) mass is 347 g/mol. The van der Waals surface area contributed by atoms with Gasteiger partial charge in [0.2, 0.25) is 0 Å². The van der Waals surface area contributed by atoms with Crippen LogP contribution in [0.4, 0.5) is 0 Å². The molecule has 6 nitrogen and oxygen atoms in total. The van der Waals surface area contributed by atoms with Gasteiger partial charge in [-0.3, -0.25) is 4.79 Å². The Balaban J connectivity index is 0.000000367. The van der Waals surface area contributed by atoms with Crippen molar-refractivity contribution in [2.75, 3.05) is 19.7 Å². The number of piperidine rings is 1. The smallest absolute Gasteiger partial charge is 0.265 e. The first-order chi connectivity index (χ1) is 10.8. The fourth-order valence-corrected chi connectivity index (χ4v) is 2.27. The van der Waals surface area contributed by atoms with Crippen molar-refractivity contribution >= 4 is 17.5 Å². The Hall–Kier alpha value is -1.08. The zero-order chi connectivity index (χ0) is 17.8. The van der Waals surface area contributed by atoms with Crippen molar-refractivity contribution in [1.82, 2.24) is 10.3 Å². The van der Waals surface area contributed by atoms with E-state index in [0.29, 0.717) is 17.1 Å². The average molecular weight is 348 g/mol. The van der Waals surface area contributed by atoms with E-state index >= 15 is 0 Å². The lowest BCUT2D eigenvalue weighted by molar-refractivity contribution is 0.0995. The highest BCUT2D eigenvalue weighted by molar-refractivity contribution is 6.32. The second kappa shape index (κ2) is 12.4. The number of hydrogen-bond acceptors (Lipinski definition) is 4. The molecule has 2 heterocycles. The van der Waals surface area contributed by atoms with E-state index in [9.17, 15) is 4.79 Å². The van der Waals surface area contributed by atoms with Crippen LogP contribution >= 0.6 is 11.6 Å². The fourth-order valence-electron chi connectivity index (χ4n) is 2.00. The minimum Gasteiger partial charge on any atom is -0.394 e. The Bertz CT molecular complexity index is 446. The lowest BCUT2D eigenvalue weighted by atomic mass is 10.2. The van der Waals surface area contributed by atoms with Crippen molar-refractivity contribution in [1.29, 1.82) is 0 Å². The third-order valence-corrected chi connectivity index (χ3v) is 3.79. The summed E-state index contributed by atoms with van der Waals surface area (Å²) in [6.45, 7) is 7.63. The SMILES string of the molecule is C1CCNCC1.CC(O)CO.CCc1c(C(N)=O)[nH]c(C)c1Cl. The van der Waals surface area contributed by atoms with Gasteiger partial charge in [-0.1, -0.05) is 24.9 Å². The molecule has 23 heavy (non-hydrogen) atoms. The summed E-state index contributed by atoms with van der Waals surface area (Å²) >= 11 is 5.92. The molecule has 1 saturated heterocycles. The summed E-state index contributed by atoms with van der Waals surface area (Å²) < 4.78 is 0. The highest BCUT2D eigenvalue weighted by Crippen LogP contribution is 2.24. The van der Waals surface area contributed by atoms with Crippen LogP contribution in [0.25, 0.3) is 0 Å². The number of aryl methyl sites for hydroxylation is 1. The fraction of sp³-hybridized carbons (Fsp3) is 0.688. The average Bonchev–Trinajstić information content (AvgIpc) is 2.85. The van der Waals surface area contributed by atoms with Gasteiger partial charge in [-0.05, 0) is 46.2 Å². The standard InChI is InChI=1S/C8H11ClN2O.C5H11N.C3H8O2/c1-3-5-6(9)4(2)11-7(5)8(10)12;1-2-4-6-5-3-1;1-3(5)2-4/h11H,3H2,1-2H3,(H2,10,12);6H,1-5H2;3-5H,2H2,1H3. The number of aliphatic hydroxyl groups excluding tert-OH is 2. The van der Waals surface area contributed by atoms with Crippen molar-refractivity contribution in [2.45, 2.75) is 52.6 Å². The highest BCUT2D eigenvalue weighted by atomic mass is 35.5. The molecule has 0 aromatic carbocycles. The quantitative estimate of drug-likeness (QED) is 0.573. The number of carbonyl (C=O) groups excluding carboxylic acids is 1. The Morgan fingerprint density at radius 2 is 1.87 bits per heavy atom. The molecule has 1 unspecified atom stereocenters. The van der Waals surface area contributed by atoms with Crippen molar-refractivity contribution in [3.05, 3.63) is 22.0 Å². The summed E-state index contributed by atoms with van der Waals surface area (Å²) in [4.78, 5) is 13.7. The maximum absolute atomic E-state index is 10.9. The maximum Gasteiger partial charge on any atom is 0.265 e. The molecule has 1 amide bonds. The van der Waals surface area contributed by atoms with Gasteiger partial charge in [-0.15, -0.1) is 0 Å². The number of nitrogens with one attached hydrogen (secondary N) is 2. The highest BCUT2D eigenvalue weighted by Gasteiger charge is 2.14. The molecule has 0 bridgehead atoms. The van der Waals surface area contributed by atoms with E-state index < -0.39 is 12.0 Å². The summed E-state index contributed by atoms with van der Waals surface area (Å²) in [5.41, 5.74) is 7.18. The van der Waals surface area contributed by atoms with E-state index in [0.717, 1.165) is 11.3 Å². The van der Waals surface area contributed by atoms with Crippen LogP contribution in [0.2, 0.25) is 5.02 Å². The Labute approximate surface area is 143 Å². The normalized spacial score (nSPS) is 14.9. The van der Waals surface area contributed by atoms with Crippen LogP contribution in [0.5, 0.6) is 0 Å². The zero-order valence-corrected chi connectivity index (χ0v) is 15.0. The number of aromatic nitrogens is 1. The van der Waals surface area contributed by atoms with Crippen molar-refractivity contribution < 1.29 is 15.0 Å². The Kier molecular flexibility index (Phi) is 11.8. The van der Waals surface area contributed by atoms with Gasteiger partial charge >= 0.3 is 0 Å². The second-order valence-electron chi connectivity index (χ2n) is 5.48. The maximum atomic E-state index is 10.9. The van der Waals surface area contributed by atoms with E-state index in [1.165, 1.54) is 39.3 Å². The third kappa shape index (κ3) is 8.95. The largest absolute Gasteiger partial charge is 0.394 e. The van der Waals surface area contributed by atoms with E-state index in [-0.39, 0.29) is 6.61 Å². The van der Waals surface area contributed by atoms with Crippen molar-refractivity contribution in [2.24, 2.45) is 5.73 Å². The first-order valence-corrected chi connectivity index (χ1v) is 8.39. The number of halogens is 1. The molecule has 1 aromatic rings. The van der Waals surface area contributed by atoms with E-state index in [2.05, 4.69) is 10.3 Å². The lowest BCUT2D eigenvalue weighted by Crippen LogP contribution is -2.21. The summed E-state index contributed by atoms with van der Waals surface area (Å²) in [5.74, 6) is -0.457. The predicted octanol–water partition coefficient (Wildman–Crippen LogP) is 1.76. The molecule has 0 aliphatic carbocycles. The van der Waals surface area contributed by atoms with E-state index in [4.69, 9.17) is 27.5 Å². The first kappa shape index (κ1) is 21.9. The summed E-state index contributed by atoms with van der Waals surface area (Å²) in [7, 11) is 0. The van der Waals surface area contributed by atoms with Crippen LogP contribution in [0.1, 0.15) is 54.9 Å². The predicted molar refractivity (Wildman–Crippen MR) is 93.9 cm³/mol. The molecule has 134 valence electrons. The van der Waals surface area contributed by atoms with Gasteiger partial charge in [0.25, 0.3) is 5.91 Å². The minimum atomic E-state index is -0.560. The van der Waals surface area contributed by atoms with Gasteiger partial charge in [0, 0.05) is 11.3 Å². The van der Waals surface area contributed by atoms with Gasteiger partial charge in [0.05, 0.1) is 17.7 Å². The third-order valence-electron chi connectivity index (χ3n) is 3.28. The molecule has 2 rings (SSSR count). The summed E-state index contributed by atoms with van der Waals surface area (Å²) in [6.07, 6.45) is 4.36. The van der Waals surface area contributed by atoms with E-state index in [1.54, 1.807) is 0 Å². The number of aliphatic hydroxyl groups is 2. The summed E-state index contributed by atoms with van der Waals surface area (Å²) in [5, 5.41) is 19.9. The van der Waals surface area contributed by atoms with Crippen LogP contribution in [0.15, 0.2) is 0 Å². The van der Waals surface area contributed by atoms with Gasteiger partial charge in [-0.2, -0.15) is 0 Å². The van der Waals surface area contributed by atoms with Gasteiger partial charge in [0.1, 0.15) is 5.69 Å². The molecule has 7 heteroatoms.